The molecule has 0 aliphatic heterocycles. The minimum Gasteiger partial charge on any atom is -0.293 e. The van der Waals surface area contributed by atoms with Gasteiger partial charge >= 0.3 is 6.18 Å². The zero-order valence-corrected chi connectivity index (χ0v) is 11.1. The molecule has 0 aromatic heterocycles. The van der Waals surface area contributed by atoms with E-state index in [9.17, 15) is 18.0 Å². The molecular formula is C13H15F3OS. The van der Waals surface area contributed by atoms with Crippen molar-refractivity contribution in [2.24, 2.45) is 5.92 Å². The Labute approximate surface area is 109 Å². The van der Waals surface area contributed by atoms with Gasteiger partial charge in [0.05, 0.1) is 11.3 Å². The minimum atomic E-state index is -4.40. The first-order chi connectivity index (χ1) is 8.30. The third-order valence-corrected chi connectivity index (χ3v) is 3.56. The Morgan fingerprint density at radius 3 is 2.56 bits per heavy atom. The van der Waals surface area contributed by atoms with Gasteiger partial charge in [-0.1, -0.05) is 26.0 Å². The molecule has 0 heterocycles. The van der Waals surface area contributed by atoms with Gasteiger partial charge in [0.2, 0.25) is 0 Å². The Kier molecular flexibility index (Phi) is 5.26. The maximum absolute atomic E-state index is 12.5. The molecule has 0 atom stereocenters. The summed E-state index contributed by atoms with van der Waals surface area (Å²) in [5, 5.41) is 0. The van der Waals surface area contributed by atoms with Gasteiger partial charge in [-0.2, -0.15) is 24.9 Å². The van der Waals surface area contributed by atoms with Crippen LogP contribution in [0.3, 0.4) is 0 Å². The average molecular weight is 276 g/mol. The number of rotatable bonds is 5. The number of Topliss-reactive ketones (excluding diaryl/α,β-unsaturated/α-hetero) is 1. The van der Waals surface area contributed by atoms with Crippen LogP contribution in [0.25, 0.3) is 0 Å². The van der Waals surface area contributed by atoms with E-state index in [1.165, 1.54) is 23.9 Å². The average Bonchev–Trinajstić information content (AvgIpc) is 2.27. The summed E-state index contributed by atoms with van der Waals surface area (Å²) >= 11 is 1.45. The van der Waals surface area contributed by atoms with E-state index in [1.807, 2.05) is 13.8 Å². The summed E-state index contributed by atoms with van der Waals surface area (Å²) in [6.07, 6.45) is -4.40. The highest BCUT2D eigenvalue weighted by atomic mass is 32.2. The predicted molar refractivity (Wildman–Crippen MR) is 67.9 cm³/mol. The first-order valence-corrected chi connectivity index (χ1v) is 6.74. The van der Waals surface area contributed by atoms with Crippen molar-refractivity contribution < 1.29 is 18.0 Å². The van der Waals surface area contributed by atoms with E-state index >= 15 is 0 Å². The van der Waals surface area contributed by atoms with Gasteiger partial charge in [-0.3, -0.25) is 4.79 Å². The second-order valence-corrected chi connectivity index (χ2v) is 5.44. The first-order valence-electron chi connectivity index (χ1n) is 5.59. The van der Waals surface area contributed by atoms with E-state index in [0.717, 1.165) is 17.9 Å². The van der Waals surface area contributed by atoms with Gasteiger partial charge in [-0.25, -0.2) is 0 Å². The van der Waals surface area contributed by atoms with Crippen LogP contribution in [0.2, 0.25) is 0 Å². The van der Waals surface area contributed by atoms with Gasteiger partial charge in [-0.05, 0) is 23.8 Å². The van der Waals surface area contributed by atoms with E-state index < -0.39 is 11.7 Å². The summed E-state index contributed by atoms with van der Waals surface area (Å²) in [5.74, 6) is 1.25. The Bertz CT molecular complexity index is 413. The Morgan fingerprint density at radius 1 is 1.33 bits per heavy atom. The van der Waals surface area contributed by atoms with Crippen LogP contribution in [0.1, 0.15) is 29.8 Å². The Balaban J connectivity index is 2.69. The van der Waals surface area contributed by atoms with Crippen molar-refractivity contribution in [2.45, 2.75) is 20.0 Å². The summed E-state index contributed by atoms with van der Waals surface area (Å²) in [5.41, 5.74) is -0.650. The highest BCUT2D eigenvalue weighted by Gasteiger charge is 2.30. The quantitative estimate of drug-likeness (QED) is 0.747. The number of halogens is 3. The second-order valence-electron chi connectivity index (χ2n) is 4.41. The molecule has 1 aromatic carbocycles. The minimum absolute atomic E-state index is 0.126. The van der Waals surface area contributed by atoms with Crippen molar-refractivity contribution in [1.82, 2.24) is 0 Å². The van der Waals surface area contributed by atoms with Crippen LogP contribution in [0.15, 0.2) is 24.3 Å². The lowest BCUT2D eigenvalue weighted by Crippen LogP contribution is -2.09. The molecule has 1 rings (SSSR count). The standard InChI is InChI=1S/C13H15F3OS/c1-9(2)7-18-8-12(17)10-4-3-5-11(6-10)13(14,15)16/h3-6,9H,7-8H2,1-2H3. The predicted octanol–water partition coefficient (Wildman–Crippen LogP) is 4.28. The molecule has 0 spiro atoms. The fourth-order valence-corrected chi connectivity index (χ4v) is 2.28. The number of carbonyl (C=O) groups excluding carboxylic acids is 1. The van der Waals surface area contributed by atoms with Crippen molar-refractivity contribution in [2.75, 3.05) is 11.5 Å². The lowest BCUT2D eigenvalue weighted by atomic mass is 10.1. The highest BCUT2D eigenvalue weighted by molar-refractivity contribution is 7.99. The third-order valence-electron chi connectivity index (χ3n) is 2.20. The van der Waals surface area contributed by atoms with Gasteiger partial charge in [-0.15, -0.1) is 0 Å². The summed E-state index contributed by atoms with van der Waals surface area (Å²) in [6, 6.07) is 4.58. The Hall–Kier alpha value is -0.970. The van der Waals surface area contributed by atoms with E-state index in [1.54, 1.807) is 0 Å². The zero-order chi connectivity index (χ0) is 13.8. The number of ketones is 1. The van der Waals surface area contributed by atoms with Gasteiger partial charge in [0.25, 0.3) is 0 Å². The molecule has 0 N–H and O–H groups in total. The number of hydrogen-bond donors (Lipinski definition) is 0. The fraction of sp³-hybridized carbons (Fsp3) is 0.462. The molecule has 18 heavy (non-hydrogen) atoms. The van der Waals surface area contributed by atoms with Crippen molar-refractivity contribution >= 4 is 17.5 Å². The third kappa shape index (κ3) is 4.72. The molecule has 0 radical (unpaired) electrons. The number of alkyl halides is 3. The number of carbonyl (C=O) groups is 1. The van der Waals surface area contributed by atoms with E-state index in [2.05, 4.69) is 0 Å². The zero-order valence-electron chi connectivity index (χ0n) is 10.3. The summed E-state index contributed by atoms with van der Waals surface area (Å²) in [4.78, 5) is 11.7. The number of benzene rings is 1. The Morgan fingerprint density at radius 2 is 2.00 bits per heavy atom. The van der Waals surface area contributed by atoms with Crippen LogP contribution in [0.4, 0.5) is 13.2 Å². The van der Waals surface area contributed by atoms with Crippen LogP contribution >= 0.6 is 11.8 Å². The summed E-state index contributed by atoms with van der Waals surface area (Å²) < 4.78 is 37.4. The smallest absolute Gasteiger partial charge is 0.293 e. The van der Waals surface area contributed by atoms with E-state index in [-0.39, 0.29) is 17.1 Å². The van der Waals surface area contributed by atoms with Crippen molar-refractivity contribution in [3.8, 4) is 0 Å². The SMILES string of the molecule is CC(C)CSCC(=O)c1cccc(C(F)(F)F)c1. The van der Waals surface area contributed by atoms with Crippen molar-refractivity contribution in [1.29, 1.82) is 0 Å². The summed E-state index contributed by atoms with van der Waals surface area (Å²) in [6.45, 7) is 4.06. The highest BCUT2D eigenvalue weighted by Crippen LogP contribution is 2.29. The van der Waals surface area contributed by atoms with Gasteiger partial charge in [0.1, 0.15) is 0 Å². The molecule has 0 amide bonds. The lowest BCUT2D eigenvalue weighted by molar-refractivity contribution is -0.137. The van der Waals surface area contributed by atoms with Crippen LogP contribution in [-0.2, 0) is 6.18 Å². The summed E-state index contributed by atoms with van der Waals surface area (Å²) in [7, 11) is 0. The molecule has 1 nitrogen and oxygen atoms in total. The largest absolute Gasteiger partial charge is 0.416 e. The van der Waals surface area contributed by atoms with Gasteiger partial charge < -0.3 is 0 Å². The molecule has 0 unspecified atom stereocenters. The van der Waals surface area contributed by atoms with E-state index in [4.69, 9.17) is 0 Å². The number of thioether (sulfide) groups is 1. The van der Waals surface area contributed by atoms with Gasteiger partial charge in [0.15, 0.2) is 5.78 Å². The van der Waals surface area contributed by atoms with Gasteiger partial charge in [0, 0.05) is 5.56 Å². The first kappa shape index (κ1) is 15.1. The topological polar surface area (TPSA) is 17.1 Å². The van der Waals surface area contributed by atoms with Crippen LogP contribution < -0.4 is 0 Å². The molecule has 0 bridgehead atoms. The van der Waals surface area contributed by atoms with E-state index in [0.29, 0.717) is 5.92 Å². The maximum Gasteiger partial charge on any atom is 0.416 e. The second kappa shape index (κ2) is 6.27. The molecule has 0 aliphatic carbocycles. The van der Waals surface area contributed by atoms with Crippen molar-refractivity contribution in [3.05, 3.63) is 35.4 Å². The maximum atomic E-state index is 12.5. The van der Waals surface area contributed by atoms with Crippen molar-refractivity contribution in [3.63, 3.8) is 0 Å². The van der Waals surface area contributed by atoms with Crippen LogP contribution in [-0.4, -0.2) is 17.3 Å². The molecule has 0 saturated heterocycles. The molecule has 0 saturated carbocycles. The molecule has 0 fully saturated rings. The van der Waals surface area contributed by atoms with Crippen LogP contribution in [0, 0.1) is 5.92 Å². The molecule has 0 aliphatic rings. The molecule has 100 valence electrons. The molecule has 1 aromatic rings. The fourth-order valence-electron chi connectivity index (χ4n) is 1.34. The monoisotopic (exact) mass is 276 g/mol. The molecule has 5 heteroatoms. The normalized spacial score (nSPS) is 11.9. The van der Waals surface area contributed by atoms with Crippen LogP contribution in [0.5, 0.6) is 0 Å². The number of hydrogen-bond acceptors (Lipinski definition) is 2. The lowest BCUT2D eigenvalue weighted by Gasteiger charge is -2.08. The molecular weight excluding hydrogens is 261 g/mol.